The number of carbonyl (C=O) groups excluding carboxylic acids is 1. The van der Waals surface area contributed by atoms with E-state index in [1.807, 2.05) is 30.3 Å². The van der Waals surface area contributed by atoms with Gasteiger partial charge in [0.2, 0.25) is 5.91 Å². The highest BCUT2D eigenvalue weighted by atomic mass is 127. The van der Waals surface area contributed by atoms with Gasteiger partial charge in [0.25, 0.3) is 0 Å². The summed E-state index contributed by atoms with van der Waals surface area (Å²) in [4.78, 5) is 15.9. The number of benzene rings is 2. The highest BCUT2D eigenvalue weighted by Crippen LogP contribution is 2.08. The highest BCUT2D eigenvalue weighted by molar-refractivity contribution is 14.0. The lowest BCUT2D eigenvalue weighted by Crippen LogP contribution is -2.42. The number of nitrogens with zero attached hydrogens (tertiary/aromatic N) is 1. The Kier molecular flexibility index (Phi) is 10.1. The van der Waals surface area contributed by atoms with Crippen molar-refractivity contribution in [2.24, 2.45) is 4.99 Å². The molecule has 2 aromatic carbocycles. The normalized spacial score (nSPS) is 10.5. The molecule has 0 unspecified atom stereocenters. The number of hydrogen-bond acceptors (Lipinski definition) is 3. The summed E-state index contributed by atoms with van der Waals surface area (Å²) in [7, 11) is 1.61. The second-order valence-electron chi connectivity index (χ2n) is 5.07. The van der Waals surface area contributed by atoms with Crippen LogP contribution in [0.15, 0.2) is 59.6 Å². The van der Waals surface area contributed by atoms with Crippen LogP contribution in [-0.2, 0) is 4.79 Å². The van der Waals surface area contributed by atoms with Crippen LogP contribution in [0, 0.1) is 5.82 Å². The fourth-order valence-electron chi connectivity index (χ4n) is 2.01. The van der Waals surface area contributed by atoms with Gasteiger partial charge in [0.05, 0.1) is 13.1 Å². The molecular weight excluding hydrogens is 450 g/mol. The highest BCUT2D eigenvalue weighted by Gasteiger charge is 2.05. The van der Waals surface area contributed by atoms with Crippen LogP contribution in [0.25, 0.3) is 0 Å². The maximum Gasteiger partial charge on any atom is 0.243 e. The van der Waals surface area contributed by atoms with E-state index >= 15 is 0 Å². The number of ether oxygens (including phenoxy) is 1. The van der Waals surface area contributed by atoms with Gasteiger partial charge in [0, 0.05) is 12.7 Å². The van der Waals surface area contributed by atoms with Gasteiger partial charge in [-0.2, -0.15) is 0 Å². The molecule has 26 heavy (non-hydrogen) atoms. The minimum absolute atomic E-state index is 0. The summed E-state index contributed by atoms with van der Waals surface area (Å²) in [6.45, 7) is 0.996. The quantitative estimate of drug-likeness (QED) is 0.251. The number of carbonyl (C=O) groups is 1. The van der Waals surface area contributed by atoms with Gasteiger partial charge >= 0.3 is 0 Å². The number of hydrogen-bond donors (Lipinski definition) is 3. The number of guanidine groups is 1. The Hall–Kier alpha value is -2.36. The number of nitrogens with one attached hydrogen (secondary N) is 3. The van der Waals surface area contributed by atoms with Gasteiger partial charge in [0.1, 0.15) is 18.2 Å². The van der Waals surface area contributed by atoms with E-state index in [2.05, 4.69) is 20.9 Å². The molecule has 0 bridgehead atoms. The largest absolute Gasteiger partial charge is 0.492 e. The van der Waals surface area contributed by atoms with Crippen molar-refractivity contribution < 1.29 is 13.9 Å². The molecular formula is C18H22FIN4O2. The van der Waals surface area contributed by atoms with Gasteiger partial charge in [-0.25, -0.2) is 4.39 Å². The Bertz CT molecular complexity index is 713. The molecule has 0 atom stereocenters. The Balaban J connectivity index is 0.00000338. The lowest BCUT2D eigenvalue weighted by molar-refractivity contribution is -0.115. The second kappa shape index (κ2) is 12.1. The number of aliphatic imine (C=N–C) groups is 1. The molecule has 0 radical (unpaired) electrons. The molecule has 0 aliphatic rings. The van der Waals surface area contributed by atoms with Gasteiger partial charge < -0.3 is 20.7 Å². The van der Waals surface area contributed by atoms with E-state index in [0.29, 0.717) is 24.8 Å². The molecule has 0 aromatic heterocycles. The molecule has 0 spiro atoms. The molecule has 8 heteroatoms. The van der Waals surface area contributed by atoms with E-state index in [1.165, 1.54) is 18.2 Å². The minimum atomic E-state index is -0.401. The van der Waals surface area contributed by atoms with Crippen LogP contribution >= 0.6 is 24.0 Å². The zero-order valence-corrected chi connectivity index (χ0v) is 16.7. The van der Waals surface area contributed by atoms with Crippen LogP contribution in [-0.4, -0.2) is 38.6 Å². The zero-order chi connectivity index (χ0) is 17.9. The van der Waals surface area contributed by atoms with E-state index < -0.39 is 5.82 Å². The van der Waals surface area contributed by atoms with Crippen molar-refractivity contribution in [2.45, 2.75) is 0 Å². The molecule has 1 amide bonds. The third-order valence-electron chi connectivity index (χ3n) is 3.15. The van der Waals surface area contributed by atoms with E-state index in [4.69, 9.17) is 4.74 Å². The lowest BCUT2D eigenvalue weighted by Gasteiger charge is -2.12. The van der Waals surface area contributed by atoms with Crippen LogP contribution < -0.4 is 20.7 Å². The van der Waals surface area contributed by atoms with Crippen LogP contribution in [0.3, 0.4) is 0 Å². The fraction of sp³-hybridized carbons (Fsp3) is 0.222. The van der Waals surface area contributed by atoms with Gasteiger partial charge in [-0.1, -0.05) is 24.3 Å². The van der Waals surface area contributed by atoms with Crippen molar-refractivity contribution in [3.8, 4) is 5.75 Å². The topological polar surface area (TPSA) is 74.8 Å². The van der Waals surface area contributed by atoms with Crippen molar-refractivity contribution in [1.82, 2.24) is 10.6 Å². The number of para-hydroxylation sites is 1. The summed E-state index contributed by atoms with van der Waals surface area (Å²) >= 11 is 0. The minimum Gasteiger partial charge on any atom is -0.492 e. The second-order valence-corrected chi connectivity index (χ2v) is 5.07. The van der Waals surface area contributed by atoms with Crippen molar-refractivity contribution in [1.29, 1.82) is 0 Å². The number of halogens is 2. The molecule has 2 rings (SSSR count). The smallest absolute Gasteiger partial charge is 0.243 e. The van der Waals surface area contributed by atoms with Crippen LogP contribution in [0.5, 0.6) is 5.75 Å². The maximum absolute atomic E-state index is 13.1. The monoisotopic (exact) mass is 472 g/mol. The van der Waals surface area contributed by atoms with E-state index in [1.54, 1.807) is 13.1 Å². The summed E-state index contributed by atoms with van der Waals surface area (Å²) in [6, 6.07) is 15.2. The van der Waals surface area contributed by atoms with Crippen LogP contribution in [0.2, 0.25) is 0 Å². The first-order valence-corrected chi connectivity index (χ1v) is 7.85. The standard InChI is InChI=1S/C18H21FN4O2.HI/c1-20-18(21-10-11-25-16-8-3-2-4-9-16)22-13-17(24)23-15-7-5-6-14(19)12-15;/h2-9,12H,10-11,13H2,1H3,(H,23,24)(H2,20,21,22);1H. The third-order valence-corrected chi connectivity index (χ3v) is 3.15. The molecule has 0 fully saturated rings. The van der Waals surface area contributed by atoms with Gasteiger partial charge in [0.15, 0.2) is 5.96 Å². The summed E-state index contributed by atoms with van der Waals surface area (Å²) in [5.74, 6) is 0.573. The van der Waals surface area contributed by atoms with Gasteiger partial charge in [-0.3, -0.25) is 9.79 Å². The van der Waals surface area contributed by atoms with Crippen LogP contribution in [0.1, 0.15) is 0 Å². The molecule has 3 N–H and O–H groups in total. The predicted octanol–water partition coefficient (Wildman–Crippen LogP) is 2.63. The Morgan fingerprint density at radius 1 is 1.12 bits per heavy atom. The first-order chi connectivity index (χ1) is 12.2. The molecule has 0 aliphatic heterocycles. The SMILES string of the molecule is CN=C(NCCOc1ccccc1)NCC(=O)Nc1cccc(F)c1.I. The van der Waals surface area contributed by atoms with Gasteiger partial charge in [-0.05, 0) is 30.3 Å². The van der Waals surface area contributed by atoms with Crippen molar-refractivity contribution >= 4 is 41.5 Å². The van der Waals surface area contributed by atoms with Crippen LogP contribution in [0.4, 0.5) is 10.1 Å². The molecule has 140 valence electrons. The summed E-state index contributed by atoms with van der Waals surface area (Å²) in [5, 5.41) is 8.52. The lowest BCUT2D eigenvalue weighted by atomic mass is 10.3. The Morgan fingerprint density at radius 2 is 1.88 bits per heavy atom. The molecule has 0 aliphatic carbocycles. The molecule has 0 saturated carbocycles. The summed E-state index contributed by atoms with van der Waals surface area (Å²) in [5.41, 5.74) is 0.408. The molecule has 6 nitrogen and oxygen atoms in total. The zero-order valence-electron chi connectivity index (χ0n) is 14.4. The van der Waals surface area contributed by atoms with Crippen molar-refractivity contribution in [2.75, 3.05) is 32.1 Å². The number of amides is 1. The van der Waals surface area contributed by atoms with E-state index in [0.717, 1.165) is 5.75 Å². The Morgan fingerprint density at radius 3 is 2.58 bits per heavy atom. The van der Waals surface area contributed by atoms with Crippen molar-refractivity contribution in [3.63, 3.8) is 0 Å². The predicted molar refractivity (Wildman–Crippen MR) is 112 cm³/mol. The maximum atomic E-state index is 13.1. The molecule has 2 aromatic rings. The number of anilines is 1. The van der Waals surface area contributed by atoms with E-state index in [9.17, 15) is 9.18 Å². The molecule has 0 saturated heterocycles. The summed E-state index contributed by atoms with van der Waals surface area (Å²) in [6.07, 6.45) is 0. The first kappa shape index (κ1) is 21.7. The fourth-order valence-corrected chi connectivity index (χ4v) is 2.01. The third kappa shape index (κ3) is 8.15. The first-order valence-electron chi connectivity index (χ1n) is 7.85. The Labute approximate surface area is 169 Å². The van der Waals surface area contributed by atoms with Crippen molar-refractivity contribution in [3.05, 3.63) is 60.4 Å². The summed E-state index contributed by atoms with van der Waals surface area (Å²) < 4.78 is 18.6. The number of rotatable bonds is 7. The van der Waals surface area contributed by atoms with Gasteiger partial charge in [-0.15, -0.1) is 24.0 Å². The average molecular weight is 472 g/mol. The molecule has 0 heterocycles. The average Bonchev–Trinajstić information content (AvgIpc) is 2.62. The van der Waals surface area contributed by atoms with E-state index in [-0.39, 0.29) is 36.4 Å².